The Bertz CT molecular complexity index is 948. The van der Waals surface area contributed by atoms with Gasteiger partial charge in [-0.1, -0.05) is 0 Å². The van der Waals surface area contributed by atoms with Crippen molar-refractivity contribution in [1.82, 2.24) is 9.97 Å². The first-order chi connectivity index (χ1) is 12.7. The zero-order chi connectivity index (χ0) is 20.2. The van der Waals surface area contributed by atoms with Crippen molar-refractivity contribution in [2.75, 3.05) is 19.5 Å². The van der Waals surface area contributed by atoms with Crippen LogP contribution in [0.5, 0.6) is 5.75 Å². The summed E-state index contributed by atoms with van der Waals surface area (Å²) in [4.78, 5) is 20.6. The molecule has 27 heavy (non-hydrogen) atoms. The number of halogens is 1. The number of pyridine rings is 2. The summed E-state index contributed by atoms with van der Waals surface area (Å²) >= 11 is 3.26. The molecule has 2 heterocycles. The van der Waals surface area contributed by atoms with Gasteiger partial charge in [-0.2, -0.15) is 8.42 Å². The molecule has 0 amide bonds. The van der Waals surface area contributed by atoms with E-state index in [4.69, 9.17) is 4.74 Å². The highest BCUT2D eigenvalue weighted by Gasteiger charge is 2.26. The zero-order valence-electron chi connectivity index (χ0n) is 15.3. The van der Waals surface area contributed by atoms with Gasteiger partial charge in [-0.25, -0.2) is 9.97 Å². The summed E-state index contributed by atoms with van der Waals surface area (Å²) < 4.78 is 35.2. The Kier molecular flexibility index (Phi) is 6.90. The molecule has 0 radical (unpaired) electrons. The molecule has 0 bridgehead atoms. The van der Waals surface area contributed by atoms with E-state index in [-0.39, 0.29) is 28.9 Å². The van der Waals surface area contributed by atoms with E-state index in [1.54, 1.807) is 33.2 Å². The smallest absolute Gasteiger partial charge is 0.299 e. The highest BCUT2D eigenvalue weighted by atomic mass is 79.9. The van der Waals surface area contributed by atoms with E-state index >= 15 is 0 Å². The van der Waals surface area contributed by atoms with Crippen LogP contribution in [-0.4, -0.2) is 44.4 Å². The fourth-order valence-electron chi connectivity index (χ4n) is 2.35. The molecule has 146 valence electrons. The van der Waals surface area contributed by atoms with Crippen LogP contribution in [-0.2, 0) is 20.7 Å². The Morgan fingerprint density at radius 1 is 1.26 bits per heavy atom. The summed E-state index contributed by atoms with van der Waals surface area (Å²) in [7, 11) is -1.42. The van der Waals surface area contributed by atoms with Gasteiger partial charge in [0.25, 0.3) is 10.1 Å². The fraction of sp³-hybridized carbons (Fsp3) is 0.353. The van der Waals surface area contributed by atoms with E-state index in [0.29, 0.717) is 15.9 Å². The molecule has 0 aliphatic heterocycles. The minimum absolute atomic E-state index is 0.0685. The largest absolute Gasteiger partial charge is 0.489 e. The predicted octanol–water partition coefficient (Wildman–Crippen LogP) is 2.83. The molecule has 0 fully saturated rings. The molecule has 2 aromatic rings. The lowest BCUT2D eigenvalue weighted by Gasteiger charge is -2.13. The van der Waals surface area contributed by atoms with Crippen molar-refractivity contribution in [3.8, 4) is 5.75 Å². The molecule has 0 aromatic carbocycles. The van der Waals surface area contributed by atoms with E-state index in [0.717, 1.165) is 7.11 Å². The standard InChI is InChI=1S/C17H20BrN3O5S/c1-10(2)26-12-7-15(27(23,24)25-4)17(21-8-12)14(22)5-11-6-16(18)20-9-13(11)19-3/h6-10,19H,5H2,1-4H3. The Hall–Kier alpha value is -2.04. The second-order valence-electron chi connectivity index (χ2n) is 5.82. The van der Waals surface area contributed by atoms with Gasteiger partial charge in [0, 0.05) is 19.5 Å². The van der Waals surface area contributed by atoms with Crippen LogP contribution in [0, 0.1) is 0 Å². The number of carbonyl (C=O) groups excluding carboxylic acids is 1. The van der Waals surface area contributed by atoms with Crippen LogP contribution in [0.25, 0.3) is 0 Å². The molecule has 0 aliphatic rings. The summed E-state index contributed by atoms with van der Waals surface area (Å²) in [5.41, 5.74) is 1.10. The van der Waals surface area contributed by atoms with Crippen molar-refractivity contribution in [2.24, 2.45) is 0 Å². The molecule has 0 spiro atoms. The Labute approximate surface area is 166 Å². The van der Waals surface area contributed by atoms with Gasteiger partial charge in [0.1, 0.15) is 20.9 Å². The molecular formula is C17H20BrN3O5S. The van der Waals surface area contributed by atoms with E-state index in [1.165, 1.54) is 12.3 Å². The van der Waals surface area contributed by atoms with Crippen molar-refractivity contribution in [3.05, 3.63) is 40.4 Å². The van der Waals surface area contributed by atoms with Crippen molar-refractivity contribution in [3.63, 3.8) is 0 Å². The maximum Gasteiger partial charge on any atom is 0.299 e. The van der Waals surface area contributed by atoms with Crippen molar-refractivity contribution >= 4 is 37.5 Å². The highest BCUT2D eigenvalue weighted by molar-refractivity contribution is 9.10. The average Bonchev–Trinajstić information content (AvgIpc) is 2.61. The fourth-order valence-corrected chi connectivity index (χ4v) is 3.57. The third kappa shape index (κ3) is 5.24. The van der Waals surface area contributed by atoms with Crippen molar-refractivity contribution in [1.29, 1.82) is 0 Å². The second kappa shape index (κ2) is 8.77. The maximum absolute atomic E-state index is 12.8. The van der Waals surface area contributed by atoms with Crippen LogP contribution >= 0.6 is 15.9 Å². The number of aromatic nitrogens is 2. The number of ketones is 1. The minimum Gasteiger partial charge on any atom is -0.489 e. The molecule has 10 heteroatoms. The van der Waals surface area contributed by atoms with Gasteiger partial charge in [-0.05, 0) is 41.4 Å². The van der Waals surface area contributed by atoms with Gasteiger partial charge in [0.15, 0.2) is 5.78 Å². The van der Waals surface area contributed by atoms with E-state index in [2.05, 4.69) is 35.4 Å². The van der Waals surface area contributed by atoms with E-state index in [1.807, 2.05) is 0 Å². The number of carbonyl (C=O) groups is 1. The monoisotopic (exact) mass is 457 g/mol. The number of nitrogens with zero attached hydrogens (tertiary/aromatic N) is 2. The van der Waals surface area contributed by atoms with Crippen LogP contribution in [0.3, 0.4) is 0 Å². The summed E-state index contributed by atoms with van der Waals surface area (Å²) in [6, 6.07) is 2.94. The van der Waals surface area contributed by atoms with Crippen LogP contribution in [0.15, 0.2) is 34.0 Å². The predicted molar refractivity (Wildman–Crippen MR) is 104 cm³/mol. The normalized spacial score (nSPS) is 11.5. The van der Waals surface area contributed by atoms with Gasteiger partial charge >= 0.3 is 0 Å². The Morgan fingerprint density at radius 2 is 1.96 bits per heavy atom. The molecule has 2 rings (SSSR count). The number of anilines is 1. The summed E-state index contributed by atoms with van der Waals surface area (Å²) in [6.07, 6.45) is 2.65. The number of rotatable bonds is 8. The molecule has 0 aliphatic carbocycles. The van der Waals surface area contributed by atoms with Crippen molar-refractivity contribution < 1.29 is 22.1 Å². The number of hydrogen-bond donors (Lipinski definition) is 1. The van der Waals surface area contributed by atoms with Crippen LogP contribution in [0.2, 0.25) is 0 Å². The molecule has 0 unspecified atom stereocenters. The number of Topliss-reactive ketones (excluding diaryl/α,β-unsaturated/α-hetero) is 1. The number of ether oxygens (including phenoxy) is 1. The first-order valence-corrected chi connectivity index (χ1v) is 10.2. The lowest BCUT2D eigenvalue weighted by molar-refractivity contribution is 0.0984. The molecule has 1 N–H and O–H groups in total. The van der Waals surface area contributed by atoms with Crippen LogP contribution in [0.4, 0.5) is 5.69 Å². The molecule has 0 atom stereocenters. The summed E-state index contributed by atoms with van der Waals surface area (Å²) in [6.45, 7) is 3.59. The van der Waals surface area contributed by atoms with E-state index in [9.17, 15) is 13.2 Å². The quantitative estimate of drug-likeness (QED) is 0.366. The first kappa shape index (κ1) is 21.3. The third-order valence-electron chi connectivity index (χ3n) is 3.53. The van der Waals surface area contributed by atoms with Gasteiger partial charge in [-0.3, -0.25) is 8.98 Å². The number of nitrogens with one attached hydrogen (secondary N) is 1. The van der Waals surface area contributed by atoms with Crippen LogP contribution < -0.4 is 10.1 Å². The molecule has 2 aromatic heterocycles. The Morgan fingerprint density at radius 3 is 2.56 bits per heavy atom. The zero-order valence-corrected chi connectivity index (χ0v) is 17.7. The second-order valence-corrected chi connectivity index (χ2v) is 8.31. The van der Waals surface area contributed by atoms with Gasteiger partial charge in [-0.15, -0.1) is 0 Å². The molecular weight excluding hydrogens is 438 g/mol. The maximum atomic E-state index is 12.8. The molecule has 0 saturated heterocycles. The highest BCUT2D eigenvalue weighted by Crippen LogP contribution is 2.25. The first-order valence-electron chi connectivity index (χ1n) is 8.00. The van der Waals surface area contributed by atoms with Crippen LogP contribution in [0.1, 0.15) is 29.9 Å². The summed E-state index contributed by atoms with van der Waals surface area (Å²) in [5.74, 6) is -0.240. The average molecular weight is 458 g/mol. The van der Waals surface area contributed by atoms with Gasteiger partial charge in [0.05, 0.1) is 31.3 Å². The topological polar surface area (TPSA) is 107 Å². The lowest BCUT2D eigenvalue weighted by atomic mass is 10.1. The Balaban J connectivity index is 2.48. The SMILES string of the molecule is CNc1cnc(Br)cc1CC(=O)c1ncc(OC(C)C)cc1S(=O)(=O)OC. The summed E-state index contributed by atoms with van der Waals surface area (Å²) in [5, 5.41) is 2.95. The molecule has 0 saturated carbocycles. The minimum atomic E-state index is -4.15. The molecule has 8 nitrogen and oxygen atoms in total. The lowest BCUT2D eigenvalue weighted by Crippen LogP contribution is -2.16. The number of hydrogen-bond acceptors (Lipinski definition) is 8. The van der Waals surface area contributed by atoms with Gasteiger partial charge in [0.2, 0.25) is 0 Å². The van der Waals surface area contributed by atoms with E-state index < -0.39 is 15.9 Å². The van der Waals surface area contributed by atoms with Gasteiger partial charge < -0.3 is 10.1 Å². The van der Waals surface area contributed by atoms with Crippen molar-refractivity contribution in [2.45, 2.75) is 31.3 Å². The third-order valence-corrected chi connectivity index (χ3v) is 5.25.